The van der Waals surface area contributed by atoms with Crippen molar-refractivity contribution >= 4 is 23.1 Å². The summed E-state index contributed by atoms with van der Waals surface area (Å²) in [5, 5.41) is 8.67. The zero-order chi connectivity index (χ0) is 17.3. The zero-order valence-corrected chi connectivity index (χ0v) is 14.2. The van der Waals surface area contributed by atoms with Crippen LogP contribution in [0.5, 0.6) is 5.75 Å². The van der Waals surface area contributed by atoms with E-state index in [1.165, 1.54) is 11.5 Å². The van der Waals surface area contributed by atoms with Crippen LogP contribution in [0.25, 0.3) is 11.3 Å². The van der Waals surface area contributed by atoms with Crippen LogP contribution in [0.4, 0.5) is 5.69 Å². The Balaban J connectivity index is 1.36. The van der Waals surface area contributed by atoms with E-state index in [2.05, 4.69) is 14.9 Å². The van der Waals surface area contributed by atoms with Crippen molar-refractivity contribution in [3.8, 4) is 17.0 Å². The quantitative estimate of drug-likeness (QED) is 0.628. The van der Waals surface area contributed by atoms with E-state index in [4.69, 9.17) is 9.47 Å². The number of benzene rings is 2. The molecule has 0 unspecified atom stereocenters. The monoisotopic (exact) mass is 355 g/mol. The summed E-state index contributed by atoms with van der Waals surface area (Å²) in [7, 11) is 0. The van der Waals surface area contributed by atoms with Crippen LogP contribution in [0.3, 0.4) is 0 Å². The second kappa shape index (κ2) is 8.91. The number of carbonyl (C=O) groups excluding carboxylic acids is 1. The first-order valence-electron chi connectivity index (χ1n) is 7.74. The Kier molecular flexibility index (Phi) is 6.08. The van der Waals surface area contributed by atoms with Gasteiger partial charge in [0.2, 0.25) is 5.91 Å². The van der Waals surface area contributed by atoms with Crippen LogP contribution in [-0.2, 0) is 9.53 Å². The SMILES string of the molecule is O=C(COCCOc1ccccc1)Nc1ccc(-c2csnn2)cc1. The first-order chi connectivity index (χ1) is 12.3. The summed E-state index contributed by atoms with van der Waals surface area (Å²) in [5.41, 5.74) is 2.49. The Labute approximate surface area is 149 Å². The van der Waals surface area contributed by atoms with Gasteiger partial charge in [-0.2, -0.15) is 0 Å². The molecule has 0 bridgehead atoms. The van der Waals surface area contributed by atoms with Crippen LogP contribution < -0.4 is 10.1 Å². The highest BCUT2D eigenvalue weighted by atomic mass is 32.1. The summed E-state index contributed by atoms with van der Waals surface area (Å²) in [6, 6.07) is 16.9. The predicted molar refractivity (Wildman–Crippen MR) is 96.7 cm³/mol. The molecule has 0 spiro atoms. The van der Waals surface area contributed by atoms with E-state index in [9.17, 15) is 4.79 Å². The Morgan fingerprint density at radius 1 is 1.04 bits per heavy atom. The molecule has 0 fully saturated rings. The van der Waals surface area contributed by atoms with E-state index >= 15 is 0 Å². The molecule has 128 valence electrons. The highest BCUT2D eigenvalue weighted by Crippen LogP contribution is 2.19. The van der Waals surface area contributed by atoms with Gasteiger partial charge in [0.25, 0.3) is 0 Å². The van der Waals surface area contributed by atoms with Crippen molar-refractivity contribution in [2.45, 2.75) is 0 Å². The van der Waals surface area contributed by atoms with Crippen LogP contribution in [-0.4, -0.2) is 35.3 Å². The third-order valence-corrected chi connectivity index (χ3v) is 3.80. The van der Waals surface area contributed by atoms with Crippen LogP contribution in [0.2, 0.25) is 0 Å². The molecule has 0 radical (unpaired) electrons. The van der Waals surface area contributed by atoms with Gasteiger partial charge in [0, 0.05) is 16.6 Å². The molecule has 1 heterocycles. The van der Waals surface area contributed by atoms with Crippen molar-refractivity contribution in [1.29, 1.82) is 0 Å². The summed E-state index contributed by atoms with van der Waals surface area (Å²) in [5.74, 6) is 0.578. The van der Waals surface area contributed by atoms with Gasteiger partial charge in [-0.05, 0) is 35.8 Å². The van der Waals surface area contributed by atoms with Crippen molar-refractivity contribution in [2.75, 3.05) is 25.1 Å². The molecule has 2 aromatic carbocycles. The number of ether oxygens (including phenoxy) is 2. The average molecular weight is 355 g/mol. The van der Waals surface area contributed by atoms with Crippen LogP contribution in [0, 0.1) is 0 Å². The maximum atomic E-state index is 11.9. The van der Waals surface area contributed by atoms with Gasteiger partial charge < -0.3 is 14.8 Å². The van der Waals surface area contributed by atoms with Crippen molar-refractivity contribution < 1.29 is 14.3 Å². The third kappa shape index (κ3) is 5.37. The molecule has 0 aliphatic rings. The van der Waals surface area contributed by atoms with Crippen LogP contribution in [0.1, 0.15) is 0 Å². The van der Waals surface area contributed by atoms with E-state index in [-0.39, 0.29) is 12.5 Å². The molecule has 0 saturated carbocycles. The maximum Gasteiger partial charge on any atom is 0.250 e. The van der Waals surface area contributed by atoms with E-state index in [0.717, 1.165) is 17.0 Å². The Hall–Kier alpha value is -2.77. The summed E-state index contributed by atoms with van der Waals surface area (Å²) in [4.78, 5) is 11.9. The molecule has 3 rings (SSSR count). The summed E-state index contributed by atoms with van der Waals surface area (Å²) in [6.45, 7) is 0.724. The molecule has 1 N–H and O–H groups in total. The zero-order valence-electron chi connectivity index (χ0n) is 13.4. The number of para-hydroxylation sites is 1. The fourth-order valence-corrected chi connectivity index (χ4v) is 2.58. The summed E-state index contributed by atoms with van der Waals surface area (Å²) >= 11 is 1.30. The van der Waals surface area contributed by atoms with Crippen molar-refractivity contribution in [3.63, 3.8) is 0 Å². The standard InChI is InChI=1S/C18H17N3O3S/c22-18(12-23-10-11-24-16-4-2-1-3-5-16)19-15-8-6-14(7-9-15)17-13-25-21-20-17/h1-9,13H,10-12H2,(H,19,22). The van der Waals surface area contributed by atoms with Crippen molar-refractivity contribution in [2.24, 2.45) is 0 Å². The number of aromatic nitrogens is 2. The molecule has 7 heteroatoms. The lowest BCUT2D eigenvalue weighted by Crippen LogP contribution is -2.20. The van der Waals surface area contributed by atoms with Gasteiger partial charge >= 0.3 is 0 Å². The number of carbonyl (C=O) groups is 1. The molecular weight excluding hydrogens is 338 g/mol. The molecule has 1 aromatic heterocycles. The molecule has 6 nitrogen and oxygen atoms in total. The fourth-order valence-electron chi connectivity index (χ4n) is 2.11. The minimum atomic E-state index is -0.206. The van der Waals surface area contributed by atoms with Gasteiger partial charge in [-0.3, -0.25) is 4.79 Å². The lowest BCUT2D eigenvalue weighted by atomic mass is 10.1. The van der Waals surface area contributed by atoms with E-state index < -0.39 is 0 Å². The molecule has 0 saturated heterocycles. The molecule has 1 amide bonds. The molecule has 0 aliphatic carbocycles. The molecule has 0 atom stereocenters. The largest absolute Gasteiger partial charge is 0.491 e. The second-order valence-electron chi connectivity index (χ2n) is 5.13. The van der Waals surface area contributed by atoms with E-state index in [1.54, 1.807) is 0 Å². The highest BCUT2D eigenvalue weighted by Gasteiger charge is 2.04. The number of nitrogens with zero attached hydrogens (tertiary/aromatic N) is 2. The fraction of sp³-hybridized carbons (Fsp3) is 0.167. The average Bonchev–Trinajstić information content (AvgIpc) is 3.18. The van der Waals surface area contributed by atoms with Gasteiger partial charge in [0.05, 0.1) is 6.61 Å². The molecule has 25 heavy (non-hydrogen) atoms. The van der Waals surface area contributed by atoms with Crippen LogP contribution in [0.15, 0.2) is 60.0 Å². The minimum absolute atomic E-state index is 0.0179. The van der Waals surface area contributed by atoms with Crippen molar-refractivity contribution in [3.05, 3.63) is 60.0 Å². The lowest BCUT2D eigenvalue weighted by molar-refractivity contribution is -0.120. The minimum Gasteiger partial charge on any atom is -0.491 e. The Bertz CT molecular complexity index is 777. The Morgan fingerprint density at radius 3 is 2.56 bits per heavy atom. The van der Waals surface area contributed by atoms with Gasteiger partial charge in [-0.1, -0.05) is 34.8 Å². The molecule has 0 aliphatic heterocycles. The predicted octanol–water partition coefficient (Wildman–Crippen LogP) is 3.24. The van der Waals surface area contributed by atoms with Crippen molar-refractivity contribution in [1.82, 2.24) is 9.59 Å². The van der Waals surface area contributed by atoms with E-state index in [1.807, 2.05) is 60.0 Å². The molecule has 3 aromatic rings. The maximum absolute atomic E-state index is 11.9. The smallest absolute Gasteiger partial charge is 0.250 e. The summed E-state index contributed by atoms with van der Waals surface area (Å²) < 4.78 is 14.6. The number of anilines is 1. The Morgan fingerprint density at radius 2 is 1.84 bits per heavy atom. The lowest BCUT2D eigenvalue weighted by Gasteiger charge is -2.08. The number of amides is 1. The van der Waals surface area contributed by atoms with E-state index in [0.29, 0.717) is 18.9 Å². The first-order valence-corrected chi connectivity index (χ1v) is 8.58. The number of hydrogen-bond acceptors (Lipinski definition) is 6. The number of hydrogen-bond donors (Lipinski definition) is 1. The third-order valence-electron chi connectivity index (χ3n) is 3.30. The van der Waals surface area contributed by atoms with Gasteiger partial charge in [0.1, 0.15) is 24.7 Å². The van der Waals surface area contributed by atoms with Gasteiger partial charge in [-0.25, -0.2) is 0 Å². The van der Waals surface area contributed by atoms with Crippen LogP contribution >= 0.6 is 11.5 Å². The topological polar surface area (TPSA) is 73.3 Å². The number of rotatable bonds is 8. The second-order valence-corrected chi connectivity index (χ2v) is 5.74. The first kappa shape index (κ1) is 17.1. The van der Waals surface area contributed by atoms with Gasteiger partial charge in [0.15, 0.2) is 0 Å². The molecular formula is C18H17N3O3S. The van der Waals surface area contributed by atoms with Gasteiger partial charge in [-0.15, -0.1) is 5.10 Å². The normalized spacial score (nSPS) is 10.4. The highest BCUT2D eigenvalue weighted by molar-refractivity contribution is 7.03. The number of nitrogens with one attached hydrogen (secondary N) is 1. The summed E-state index contributed by atoms with van der Waals surface area (Å²) in [6.07, 6.45) is 0.